The Labute approximate surface area is 164 Å². The second-order valence-corrected chi connectivity index (χ2v) is 8.85. The van der Waals surface area contributed by atoms with Crippen molar-refractivity contribution in [2.24, 2.45) is 0 Å². The number of nitrogen functional groups attached to an aromatic ring is 1. The van der Waals surface area contributed by atoms with Crippen LogP contribution in [0.2, 0.25) is 0 Å². The normalized spacial score (nSPS) is 28.7. The van der Waals surface area contributed by atoms with Gasteiger partial charge in [0.05, 0.1) is 20.2 Å². The highest BCUT2D eigenvalue weighted by atomic mass is 31.3. The fourth-order valence-corrected chi connectivity index (χ4v) is 4.35. The van der Waals surface area contributed by atoms with Gasteiger partial charge in [-0.05, 0) is 6.07 Å². The van der Waals surface area contributed by atoms with Crippen molar-refractivity contribution in [1.29, 1.82) is 0 Å². The van der Waals surface area contributed by atoms with Crippen LogP contribution in [0.1, 0.15) is 6.23 Å². The minimum absolute atomic E-state index is 0.0790. The molecule has 6 atom stereocenters. The summed E-state index contributed by atoms with van der Waals surface area (Å²) in [6, 6.07) is 1.25. The second-order valence-electron chi connectivity index (χ2n) is 5.89. The van der Waals surface area contributed by atoms with E-state index >= 15 is 0 Å². The predicted octanol–water partition coefficient (Wildman–Crippen LogP) is -4.38. The molecule has 0 aliphatic carbocycles. The molecule has 0 saturated carbocycles. The number of aliphatic hydroxyl groups is 2. The van der Waals surface area contributed by atoms with Crippen LogP contribution in [0, 0.1) is 0 Å². The van der Waals surface area contributed by atoms with Crippen LogP contribution >= 0.6 is 15.6 Å². The van der Waals surface area contributed by atoms with Gasteiger partial charge in [-0.15, -0.1) is 0 Å². The van der Waals surface area contributed by atoms with E-state index in [-0.39, 0.29) is 19.0 Å². The minimum Gasteiger partial charge on any atom is -0.756 e. The third kappa shape index (κ3) is 6.64. The summed E-state index contributed by atoms with van der Waals surface area (Å²) in [5, 5.41) is 21.7. The molecule has 1 aliphatic heterocycles. The van der Waals surface area contributed by atoms with Crippen molar-refractivity contribution in [3.63, 3.8) is 0 Å². The second kappa shape index (κ2) is 9.73. The van der Waals surface area contributed by atoms with E-state index in [9.17, 15) is 33.9 Å². The first kappa shape index (κ1) is 24.1. The fraction of sp³-hybridized carbons (Fsp3) is 0.667. The maximum atomic E-state index is 11.8. The number of phosphoric acid groups is 2. The van der Waals surface area contributed by atoms with Gasteiger partial charge in [0.2, 0.25) is 0 Å². The molecule has 0 amide bonds. The van der Waals surface area contributed by atoms with Gasteiger partial charge in [0.25, 0.3) is 15.6 Å². The lowest BCUT2D eigenvalue weighted by Crippen LogP contribution is -2.80. The third-order valence-corrected chi connectivity index (χ3v) is 6.28. The zero-order chi connectivity index (χ0) is 21.8. The van der Waals surface area contributed by atoms with Gasteiger partial charge in [-0.25, -0.2) is 9.11 Å². The van der Waals surface area contributed by atoms with E-state index in [4.69, 9.17) is 10.5 Å². The number of rotatable bonds is 10. The Morgan fingerprint density at radius 3 is 2.59 bits per heavy atom. The lowest BCUT2D eigenvalue weighted by atomic mass is 10.1. The number of anilines is 1. The van der Waals surface area contributed by atoms with Crippen LogP contribution in [-0.4, -0.2) is 64.9 Å². The molecule has 1 fully saturated rings. The monoisotopic (exact) mass is 459 g/mol. The first-order valence-electron chi connectivity index (χ1n) is 8.22. The molecular weight excluding hydrogens is 438 g/mol. The molecule has 0 spiro atoms. The Bertz CT molecular complexity index is 851. The summed E-state index contributed by atoms with van der Waals surface area (Å²) < 4.78 is 41.9. The highest BCUT2D eigenvalue weighted by Gasteiger charge is 2.44. The topological polar surface area (TPSA) is 235 Å². The molecule has 0 bridgehead atoms. The van der Waals surface area contributed by atoms with Crippen LogP contribution in [0.25, 0.3) is 0 Å². The van der Waals surface area contributed by atoms with E-state index in [1.807, 2.05) is 0 Å². The summed E-state index contributed by atoms with van der Waals surface area (Å²) in [6.07, 6.45) is -5.00. The molecular formula is C12H21N4O11P2-. The van der Waals surface area contributed by atoms with Gasteiger partial charge < -0.3 is 44.8 Å². The van der Waals surface area contributed by atoms with Gasteiger partial charge in [-0.1, -0.05) is 0 Å². The Morgan fingerprint density at radius 2 is 1.97 bits per heavy atom. The summed E-state index contributed by atoms with van der Waals surface area (Å²) in [5.74, 6) is -0.0790. The van der Waals surface area contributed by atoms with Crippen LogP contribution in [0.3, 0.4) is 0 Å². The summed E-state index contributed by atoms with van der Waals surface area (Å²) in [5.41, 5.74) is 4.48. The summed E-state index contributed by atoms with van der Waals surface area (Å²) in [7, 11) is -8.95. The predicted molar refractivity (Wildman–Crippen MR) is 89.8 cm³/mol. The third-order valence-electron chi connectivity index (χ3n) is 3.72. The minimum atomic E-state index is -5.40. The van der Waals surface area contributed by atoms with Crippen molar-refractivity contribution < 1.29 is 52.5 Å². The molecule has 0 radical (unpaired) electrons. The van der Waals surface area contributed by atoms with E-state index in [0.717, 1.165) is 10.8 Å². The molecule has 2 heterocycles. The summed E-state index contributed by atoms with van der Waals surface area (Å²) >= 11 is 0. The Morgan fingerprint density at radius 1 is 1.31 bits per heavy atom. The van der Waals surface area contributed by atoms with Gasteiger partial charge in [0.15, 0.2) is 6.23 Å². The van der Waals surface area contributed by atoms with Gasteiger partial charge in [-0.2, -0.15) is 4.98 Å². The molecule has 1 saturated heterocycles. The van der Waals surface area contributed by atoms with Crippen LogP contribution < -0.4 is 26.5 Å². The number of ether oxygens (including phenoxy) is 1. The lowest BCUT2D eigenvalue weighted by molar-refractivity contribution is -0.627. The van der Waals surface area contributed by atoms with Gasteiger partial charge in [0, 0.05) is 6.20 Å². The lowest BCUT2D eigenvalue weighted by Gasteiger charge is -2.31. The standard InChI is InChI=1S/C12H22N4O11P2/c1-14-3-5-24-28(20,21)27-29(22,23)25-6-7-9(17)10(18)11(26-7)16-4-2-8(13)15-12(16)19/h2,4,7,9-11,14,17-18H,3,5-6H2,1H3,(H,20,21)(H,22,23)(H2,13,15,19)/p-1/t7-,9-,10-,11-/m1/s1. The SMILES string of the molecule is C[NH2+]CCOP(=O)([O-])OP(=O)([O-])OC[C@H]1O[C@@H](n2ccc(N)nc2=O)[C@H](O)[C@@H]1O. The highest BCUT2D eigenvalue weighted by molar-refractivity contribution is 7.59. The number of hydrogen-bond donors (Lipinski definition) is 4. The van der Waals surface area contributed by atoms with E-state index in [1.165, 1.54) is 6.07 Å². The van der Waals surface area contributed by atoms with Crippen LogP contribution in [0.5, 0.6) is 0 Å². The van der Waals surface area contributed by atoms with Crippen LogP contribution in [-0.2, 0) is 27.2 Å². The molecule has 15 nitrogen and oxygen atoms in total. The number of likely N-dealkylation sites (N-methyl/N-ethyl adjacent to an activating group) is 1. The molecule has 17 heteroatoms. The Hall–Kier alpha value is -1.22. The van der Waals surface area contributed by atoms with E-state index in [1.54, 1.807) is 12.4 Å². The molecule has 1 aliphatic rings. The largest absolute Gasteiger partial charge is 0.756 e. The molecule has 1 aromatic heterocycles. The number of aromatic nitrogens is 2. The van der Waals surface area contributed by atoms with E-state index in [0.29, 0.717) is 0 Å². The quantitative estimate of drug-likeness (QED) is 0.191. The Kier molecular flexibility index (Phi) is 8.07. The number of phosphoric ester groups is 2. The van der Waals surface area contributed by atoms with E-state index < -0.39 is 52.5 Å². The van der Waals surface area contributed by atoms with Crippen molar-refractivity contribution in [1.82, 2.24) is 9.55 Å². The zero-order valence-electron chi connectivity index (χ0n) is 15.1. The van der Waals surface area contributed by atoms with Crippen LogP contribution in [0.4, 0.5) is 5.82 Å². The molecule has 29 heavy (non-hydrogen) atoms. The molecule has 2 unspecified atom stereocenters. The van der Waals surface area contributed by atoms with Crippen molar-refractivity contribution in [3.05, 3.63) is 22.7 Å². The van der Waals surface area contributed by atoms with Gasteiger partial charge in [-0.3, -0.25) is 13.7 Å². The van der Waals surface area contributed by atoms with E-state index in [2.05, 4.69) is 18.3 Å². The first-order valence-corrected chi connectivity index (χ1v) is 11.1. The van der Waals surface area contributed by atoms with Gasteiger partial charge >= 0.3 is 5.69 Å². The van der Waals surface area contributed by atoms with Crippen molar-refractivity contribution >= 4 is 21.5 Å². The number of hydrogen-bond acceptors (Lipinski definition) is 13. The van der Waals surface area contributed by atoms with Crippen molar-refractivity contribution in [2.45, 2.75) is 24.5 Å². The number of quaternary nitrogens is 1. The number of nitrogens with zero attached hydrogens (tertiary/aromatic N) is 2. The molecule has 6 N–H and O–H groups in total. The maximum Gasteiger partial charge on any atom is 0.351 e. The maximum absolute atomic E-state index is 11.8. The van der Waals surface area contributed by atoms with Crippen LogP contribution in [0.15, 0.2) is 17.1 Å². The number of nitrogens with two attached hydrogens (primary N) is 2. The first-order chi connectivity index (χ1) is 13.5. The molecule has 166 valence electrons. The Balaban J connectivity index is 1.98. The molecule has 1 aromatic rings. The summed E-state index contributed by atoms with van der Waals surface area (Å²) in [4.78, 5) is 38.5. The van der Waals surface area contributed by atoms with Crippen molar-refractivity contribution in [2.75, 3.05) is 32.5 Å². The fourth-order valence-electron chi connectivity index (χ4n) is 2.33. The molecule has 0 aromatic carbocycles. The van der Waals surface area contributed by atoms with Gasteiger partial charge in [0.1, 0.15) is 30.7 Å². The average molecular weight is 459 g/mol. The molecule has 2 rings (SSSR count). The highest BCUT2D eigenvalue weighted by Crippen LogP contribution is 2.55. The van der Waals surface area contributed by atoms with Crippen molar-refractivity contribution in [3.8, 4) is 0 Å². The smallest absolute Gasteiger partial charge is 0.351 e. The summed E-state index contributed by atoms with van der Waals surface area (Å²) in [6.45, 7) is -0.990. The average Bonchev–Trinajstić information content (AvgIpc) is 2.87. The number of aliphatic hydroxyl groups excluding tert-OH is 2. The zero-order valence-corrected chi connectivity index (χ0v) is 16.9.